The Morgan fingerprint density at radius 3 is 2.79 bits per heavy atom. The van der Waals surface area contributed by atoms with Crippen molar-refractivity contribution in [2.75, 3.05) is 11.9 Å². The molecule has 0 radical (unpaired) electrons. The molecule has 0 aliphatic rings. The number of pyridine rings is 1. The van der Waals surface area contributed by atoms with E-state index in [0.717, 1.165) is 23.3 Å². The van der Waals surface area contributed by atoms with Crippen LogP contribution in [0.4, 0.5) is 5.82 Å². The highest BCUT2D eigenvalue weighted by atomic mass is 15.1. The molecule has 0 aromatic carbocycles. The van der Waals surface area contributed by atoms with Gasteiger partial charge in [0, 0.05) is 25.8 Å². The van der Waals surface area contributed by atoms with Crippen LogP contribution in [0.3, 0.4) is 0 Å². The molecule has 2 heterocycles. The Kier molecular flexibility index (Phi) is 3.75. The van der Waals surface area contributed by atoms with E-state index in [0.29, 0.717) is 6.54 Å². The van der Waals surface area contributed by atoms with Gasteiger partial charge in [-0.05, 0) is 17.9 Å². The van der Waals surface area contributed by atoms with Crippen molar-refractivity contribution in [1.82, 2.24) is 14.5 Å². The number of hydrogen-bond acceptors (Lipinski definition) is 4. The van der Waals surface area contributed by atoms with Crippen LogP contribution in [0.25, 0.3) is 11.0 Å². The van der Waals surface area contributed by atoms with Crippen molar-refractivity contribution >= 4 is 16.9 Å². The van der Waals surface area contributed by atoms with Gasteiger partial charge in [-0.25, -0.2) is 9.97 Å². The minimum Gasteiger partial charge on any atom is -0.367 e. The van der Waals surface area contributed by atoms with Gasteiger partial charge in [0.05, 0.1) is 11.8 Å². The molecule has 0 aliphatic heterocycles. The summed E-state index contributed by atoms with van der Waals surface area (Å²) in [7, 11) is 1.98. The number of rotatable bonds is 4. The van der Waals surface area contributed by atoms with Crippen LogP contribution in [0.2, 0.25) is 0 Å². The Hall–Kier alpha value is -1.62. The third kappa shape index (κ3) is 3.44. The van der Waals surface area contributed by atoms with Crippen molar-refractivity contribution < 1.29 is 0 Å². The fraction of sp³-hybridized carbons (Fsp3) is 0.571. The first kappa shape index (κ1) is 13.8. The Balaban J connectivity index is 2.06. The first-order valence-corrected chi connectivity index (χ1v) is 6.62. The molecule has 5 nitrogen and oxygen atoms in total. The van der Waals surface area contributed by atoms with Gasteiger partial charge in [-0.15, -0.1) is 0 Å². The van der Waals surface area contributed by atoms with Gasteiger partial charge in [-0.1, -0.05) is 20.8 Å². The predicted molar refractivity (Wildman–Crippen MR) is 79.0 cm³/mol. The van der Waals surface area contributed by atoms with Crippen LogP contribution >= 0.6 is 0 Å². The van der Waals surface area contributed by atoms with Crippen molar-refractivity contribution in [3.05, 3.63) is 18.6 Å². The van der Waals surface area contributed by atoms with E-state index in [1.165, 1.54) is 0 Å². The molecule has 19 heavy (non-hydrogen) atoms. The first-order valence-electron chi connectivity index (χ1n) is 6.62. The number of imidazole rings is 1. The summed E-state index contributed by atoms with van der Waals surface area (Å²) in [6.07, 6.45) is 4.56. The molecule has 0 aliphatic carbocycles. The van der Waals surface area contributed by atoms with E-state index in [2.05, 4.69) is 36.1 Å². The van der Waals surface area contributed by atoms with E-state index in [1.807, 2.05) is 17.7 Å². The lowest BCUT2D eigenvalue weighted by atomic mass is 9.88. The summed E-state index contributed by atoms with van der Waals surface area (Å²) >= 11 is 0. The number of anilines is 1. The SMILES string of the molecule is Cn1cnc2c(NCC(N)CC(C)(C)C)nccc21. The topological polar surface area (TPSA) is 68.8 Å². The number of fused-ring (bicyclic) bond motifs is 1. The summed E-state index contributed by atoms with van der Waals surface area (Å²) in [4.78, 5) is 8.71. The zero-order valence-electron chi connectivity index (χ0n) is 12.1. The minimum atomic E-state index is 0.112. The van der Waals surface area contributed by atoms with Crippen molar-refractivity contribution in [2.45, 2.75) is 33.2 Å². The molecule has 0 amide bonds. The lowest BCUT2D eigenvalue weighted by Gasteiger charge is -2.23. The smallest absolute Gasteiger partial charge is 0.154 e. The van der Waals surface area contributed by atoms with Gasteiger partial charge < -0.3 is 15.6 Å². The summed E-state index contributed by atoms with van der Waals surface area (Å²) in [6, 6.07) is 2.07. The molecule has 2 rings (SSSR count). The number of hydrogen-bond donors (Lipinski definition) is 2. The Bertz CT molecular complexity index is 552. The first-order chi connectivity index (χ1) is 8.87. The summed E-state index contributed by atoms with van der Waals surface area (Å²) < 4.78 is 1.98. The minimum absolute atomic E-state index is 0.112. The van der Waals surface area contributed by atoms with Gasteiger partial charge in [0.15, 0.2) is 5.82 Å². The molecule has 0 fully saturated rings. The fourth-order valence-electron chi connectivity index (χ4n) is 2.28. The van der Waals surface area contributed by atoms with Crippen LogP contribution in [0, 0.1) is 5.41 Å². The van der Waals surface area contributed by atoms with Crippen molar-refractivity contribution in [1.29, 1.82) is 0 Å². The lowest BCUT2D eigenvalue weighted by molar-refractivity contribution is 0.344. The summed E-state index contributed by atoms with van der Waals surface area (Å²) in [5, 5.41) is 3.31. The summed E-state index contributed by atoms with van der Waals surface area (Å²) in [6.45, 7) is 7.31. The Morgan fingerprint density at radius 2 is 2.11 bits per heavy atom. The van der Waals surface area contributed by atoms with Gasteiger partial charge in [0.25, 0.3) is 0 Å². The van der Waals surface area contributed by atoms with Crippen LogP contribution in [0.1, 0.15) is 27.2 Å². The third-order valence-electron chi connectivity index (χ3n) is 3.05. The molecule has 0 saturated carbocycles. The van der Waals surface area contributed by atoms with Gasteiger partial charge in [-0.3, -0.25) is 0 Å². The number of nitrogens with zero attached hydrogens (tertiary/aromatic N) is 3. The molecule has 2 aromatic heterocycles. The van der Waals surface area contributed by atoms with Crippen LogP contribution in [0.15, 0.2) is 18.6 Å². The van der Waals surface area contributed by atoms with Crippen LogP contribution in [-0.2, 0) is 7.05 Å². The van der Waals surface area contributed by atoms with E-state index < -0.39 is 0 Å². The van der Waals surface area contributed by atoms with Gasteiger partial charge in [-0.2, -0.15) is 0 Å². The summed E-state index contributed by atoms with van der Waals surface area (Å²) in [5.74, 6) is 0.808. The van der Waals surface area contributed by atoms with E-state index in [-0.39, 0.29) is 11.5 Å². The molecule has 0 bridgehead atoms. The molecule has 2 aromatic rings. The normalized spacial score (nSPS) is 13.7. The molecule has 104 valence electrons. The maximum Gasteiger partial charge on any atom is 0.154 e. The highest BCUT2D eigenvalue weighted by molar-refractivity contribution is 5.85. The number of nitrogens with two attached hydrogens (primary N) is 1. The van der Waals surface area contributed by atoms with Crippen molar-refractivity contribution in [3.8, 4) is 0 Å². The lowest BCUT2D eigenvalue weighted by Crippen LogP contribution is -2.33. The van der Waals surface area contributed by atoms with Crippen LogP contribution in [-0.4, -0.2) is 27.1 Å². The van der Waals surface area contributed by atoms with Gasteiger partial charge in [0.1, 0.15) is 5.52 Å². The third-order valence-corrected chi connectivity index (χ3v) is 3.05. The van der Waals surface area contributed by atoms with E-state index >= 15 is 0 Å². The maximum absolute atomic E-state index is 6.14. The average Bonchev–Trinajstić information content (AvgIpc) is 2.67. The molecule has 1 unspecified atom stereocenters. The van der Waals surface area contributed by atoms with Gasteiger partial charge >= 0.3 is 0 Å². The molecule has 0 spiro atoms. The largest absolute Gasteiger partial charge is 0.367 e. The standard InChI is InChI=1S/C14H23N5/c1-14(2,3)7-10(15)8-17-13-12-11(5-6-16-13)19(4)9-18-12/h5-6,9-10H,7-8,15H2,1-4H3,(H,16,17). The molecular formula is C14H23N5. The monoisotopic (exact) mass is 261 g/mol. The highest BCUT2D eigenvalue weighted by Gasteiger charge is 2.16. The molecular weight excluding hydrogens is 238 g/mol. The molecule has 3 N–H and O–H groups in total. The Labute approximate surface area is 114 Å². The number of nitrogens with one attached hydrogen (secondary N) is 1. The molecule has 5 heteroatoms. The van der Waals surface area contributed by atoms with Crippen molar-refractivity contribution in [3.63, 3.8) is 0 Å². The molecule has 0 saturated heterocycles. The van der Waals surface area contributed by atoms with Crippen LogP contribution < -0.4 is 11.1 Å². The zero-order chi connectivity index (χ0) is 14.0. The molecule has 1 atom stereocenters. The van der Waals surface area contributed by atoms with Crippen LogP contribution in [0.5, 0.6) is 0 Å². The summed E-state index contributed by atoms with van der Waals surface area (Å²) in [5.41, 5.74) is 8.35. The fourth-order valence-corrected chi connectivity index (χ4v) is 2.28. The second kappa shape index (κ2) is 5.17. The predicted octanol–water partition coefficient (Wildman–Crippen LogP) is 2.14. The highest BCUT2D eigenvalue weighted by Crippen LogP contribution is 2.21. The van der Waals surface area contributed by atoms with Gasteiger partial charge in [0.2, 0.25) is 0 Å². The number of aryl methyl sites for hydroxylation is 1. The second-order valence-corrected chi connectivity index (χ2v) is 6.29. The Morgan fingerprint density at radius 1 is 1.37 bits per heavy atom. The maximum atomic E-state index is 6.14. The average molecular weight is 261 g/mol. The second-order valence-electron chi connectivity index (χ2n) is 6.29. The quantitative estimate of drug-likeness (QED) is 0.884. The van der Waals surface area contributed by atoms with E-state index in [4.69, 9.17) is 5.73 Å². The van der Waals surface area contributed by atoms with E-state index in [9.17, 15) is 0 Å². The number of aromatic nitrogens is 3. The van der Waals surface area contributed by atoms with Crippen molar-refractivity contribution in [2.24, 2.45) is 18.2 Å². The zero-order valence-corrected chi connectivity index (χ0v) is 12.1. The van der Waals surface area contributed by atoms with E-state index in [1.54, 1.807) is 12.5 Å².